The van der Waals surface area contributed by atoms with Crippen molar-refractivity contribution in [2.24, 2.45) is 0 Å². The van der Waals surface area contributed by atoms with Gasteiger partial charge in [-0.1, -0.05) is 60.4 Å². The Bertz CT molecular complexity index is 1240. The number of hydroxylamine groups is 1. The summed E-state index contributed by atoms with van der Waals surface area (Å²) < 4.78 is 12.8. The molecule has 5 heteroatoms. The van der Waals surface area contributed by atoms with Crippen LogP contribution in [-0.4, -0.2) is 18.6 Å². The molecule has 1 unspecified atom stereocenters. The smallest absolute Gasteiger partial charge is 0.259 e. The Morgan fingerprint density at radius 2 is 1.65 bits per heavy atom. The van der Waals surface area contributed by atoms with Crippen LogP contribution in [0, 0.1) is 11.8 Å². The number of halogens is 1. The SMILES string of the molecule is O=C1c2ccccc2C#Cc2ccccc2N1CC1C=C(c2ccc(CF)cc2)NO1. The Hall–Kier alpha value is -3.88. The summed E-state index contributed by atoms with van der Waals surface area (Å²) in [5, 5.41) is 0. The Morgan fingerprint density at radius 3 is 2.45 bits per heavy atom. The molecule has 0 aromatic heterocycles. The van der Waals surface area contributed by atoms with Gasteiger partial charge in [-0.05, 0) is 41.5 Å². The highest BCUT2D eigenvalue weighted by molar-refractivity contribution is 6.09. The summed E-state index contributed by atoms with van der Waals surface area (Å²) in [6.45, 7) is -0.169. The molecule has 31 heavy (non-hydrogen) atoms. The average Bonchev–Trinajstić information content (AvgIpc) is 3.29. The molecule has 0 saturated heterocycles. The molecule has 2 aliphatic rings. The van der Waals surface area contributed by atoms with Gasteiger partial charge < -0.3 is 4.90 Å². The minimum atomic E-state index is -0.493. The van der Waals surface area contributed by atoms with E-state index < -0.39 is 6.67 Å². The summed E-state index contributed by atoms with van der Waals surface area (Å²) in [6, 6.07) is 22.2. The second kappa shape index (κ2) is 8.10. The maximum absolute atomic E-state index is 13.5. The van der Waals surface area contributed by atoms with Crippen molar-refractivity contribution in [2.45, 2.75) is 12.8 Å². The number of carbonyl (C=O) groups is 1. The standard InChI is InChI=1S/C26H19FN2O2/c27-16-18-9-11-20(12-10-18)24-15-22(31-28-24)17-29-25-8-4-2-6-21(25)14-13-19-5-1-3-7-23(19)26(29)30/h1-12,15,22,28H,16-17H2. The zero-order valence-electron chi connectivity index (χ0n) is 16.6. The number of hydrogen-bond donors (Lipinski definition) is 1. The Morgan fingerprint density at radius 1 is 0.935 bits per heavy atom. The maximum Gasteiger partial charge on any atom is 0.259 e. The summed E-state index contributed by atoms with van der Waals surface area (Å²) >= 11 is 0. The third kappa shape index (κ3) is 3.70. The predicted molar refractivity (Wildman–Crippen MR) is 118 cm³/mol. The molecule has 1 amide bonds. The van der Waals surface area contributed by atoms with Gasteiger partial charge >= 0.3 is 0 Å². The quantitative estimate of drug-likeness (QED) is 0.646. The number of alkyl halides is 1. The van der Waals surface area contributed by atoms with E-state index in [1.54, 1.807) is 23.1 Å². The summed E-state index contributed by atoms with van der Waals surface area (Å²) in [5.74, 6) is 6.20. The minimum Gasteiger partial charge on any atom is -0.304 e. The van der Waals surface area contributed by atoms with Gasteiger partial charge in [-0.15, -0.1) is 0 Å². The van der Waals surface area contributed by atoms with Gasteiger partial charge in [0, 0.05) is 11.1 Å². The minimum absolute atomic E-state index is 0.116. The zero-order valence-corrected chi connectivity index (χ0v) is 16.6. The van der Waals surface area contributed by atoms with E-state index in [-0.39, 0.29) is 12.0 Å². The van der Waals surface area contributed by atoms with Crippen molar-refractivity contribution in [3.63, 3.8) is 0 Å². The largest absolute Gasteiger partial charge is 0.304 e. The molecule has 0 bridgehead atoms. The third-order valence-corrected chi connectivity index (χ3v) is 5.38. The van der Waals surface area contributed by atoms with Gasteiger partial charge in [0.05, 0.1) is 23.5 Å². The van der Waals surface area contributed by atoms with E-state index in [1.165, 1.54) is 0 Å². The van der Waals surface area contributed by atoms with E-state index in [0.717, 1.165) is 22.5 Å². The van der Waals surface area contributed by atoms with Gasteiger partial charge in [0.2, 0.25) is 0 Å². The monoisotopic (exact) mass is 410 g/mol. The van der Waals surface area contributed by atoms with Crippen LogP contribution in [0.4, 0.5) is 10.1 Å². The number of para-hydroxylation sites is 1. The number of hydrogen-bond acceptors (Lipinski definition) is 3. The van der Waals surface area contributed by atoms with E-state index in [1.807, 2.05) is 60.7 Å². The molecular weight excluding hydrogens is 391 g/mol. The van der Waals surface area contributed by atoms with E-state index in [9.17, 15) is 9.18 Å². The number of nitrogens with one attached hydrogen (secondary N) is 1. The molecule has 0 saturated carbocycles. The molecule has 2 aliphatic heterocycles. The number of rotatable bonds is 4. The van der Waals surface area contributed by atoms with Crippen LogP contribution in [0.5, 0.6) is 0 Å². The topological polar surface area (TPSA) is 41.6 Å². The van der Waals surface area contributed by atoms with E-state index >= 15 is 0 Å². The summed E-state index contributed by atoms with van der Waals surface area (Å²) in [5.41, 5.74) is 8.09. The molecule has 0 aliphatic carbocycles. The lowest BCUT2D eigenvalue weighted by atomic mass is 10.0. The van der Waals surface area contributed by atoms with Crippen LogP contribution in [0.3, 0.4) is 0 Å². The fourth-order valence-electron chi connectivity index (χ4n) is 3.76. The first-order chi connectivity index (χ1) is 15.2. The van der Waals surface area contributed by atoms with Crippen LogP contribution >= 0.6 is 0 Å². The first kappa shape index (κ1) is 19.1. The number of fused-ring (bicyclic) bond motifs is 2. The first-order valence-corrected chi connectivity index (χ1v) is 10.0. The fraction of sp³-hybridized carbons (Fsp3) is 0.115. The second-order valence-corrected chi connectivity index (χ2v) is 7.40. The molecular formula is C26H19FN2O2. The molecule has 3 aromatic rings. The predicted octanol–water partition coefficient (Wildman–Crippen LogP) is 4.46. The molecule has 0 spiro atoms. The second-order valence-electron chi connectivity index (χ2n) is 7.40. The number of amides is 1. The number of carbonyl (C=O) groups excluding carboxylic acids is 1. The van der Waals surface area contributed by atoms with E-state index in [0.29, 0.717) is 23.2 Å². The van der Waals surface area contributed by atoms with Crippen molar-refractivity contribution >= 4 is 17.3 Å². The molecule has 4 nitrogen and oxygen atoms in total. The highest BCUT2D eigenvalue weighted by Crippen LogP contribution is 2.27. The molecule has 152 valence electrons. The van der Waals surface area contributed by atoms with Gasteiger partial charge in [0.15, 0.2) is 0 Å². The lowest BCUT2D eigenvalue weighted by Gasteiger charge is -2.27. The Balaban J connectivity index is 1.48. The number of benzene rings is 3. The molecule has 1 atom stereocenters. The summed E-state index contributed by atoms with van der Waals surface area (Å²) in [7, 11) is 0. The lowest BCUT2D eigenvalue weighted by molar-refractivity contribution is 0.0540. The average molecular weight is 410 g/mol. The van der Waals surface area contributed by atoms with Gasteiger partial charge in [-0.2, -0.15) is 0 Å². The molecule has 0 radical (unpaired) electrons. The van der Waals surface area contributed by atoms with Crippen molar-refractivity contribution in [1.82, 2.24) is 5.48 Å². The van der Waals surface area contributed by atoms with Crippen molar-refractivity contribution in [1.29, 1.82) is 0 Å². The Labute approximate surface area is 179 Å². The van der Waals surface area contributed by atoms with Crippen LogP contribution in [0.15, 0.2) is 78.9 Å². The van der Waals surface area contributed by atoms with Crippen molar-refractivity contribution < 1.29 is 14.0 Å². The Kier molecular flexibility index (Phi) is 4.99. The van der Waals surface area contributed by atoms with Gasteiger partial charge in [-0.25, -0.2) is 4.39 Å². The zero-order chi connectivity index (χ0) is 21.2. The van der Waals surface area contributed by atoms with Crippen molar-refractivity contribution in [3.05, 3.63) is 107 Å². The lowest BCUT2D eigenvalue weighted by Crippen LogP contribution is -2.39. The molecule has 3 aromatic carbocycles. The van der Waals surface area contributed by atoms with Gasteiger partial charge in [0.25, 0.3) is 5.91 Å². The van der Waals surface area contributed by atoms with Crippen LogP contribution in [0.2, 0.25) is 0 Å². The molecule has 5 rings (SSSR count). The van der Waals surface area contributed by atoms with Crippen molar-refractivity contribution in [3.8, 4) is 11.8 Å². The summed E-state index contributed by atoms with van der Waals surface area (Å²) in [6.07, 6.45) is 1.59. The van der Waals surface area contributed by atoms with E-state index in [4.69, 9.17) is 4.84 Å². The van der Waals surface area contributed by atoms with E-state index in [2.05, 4.69) is 17.3 Å². The highest BCUT2D eigenvalue weighted by Gasteiger charge is 2.28. The first-order valence-electron chi connectivity index (χ1n) is 10.0. The van der Waals surface area contributed by atoms with Crippen LogP contribution in [0.25, 0.3) is 5.70 Å². The van der Waals surface area contributed by atoms with Crippen molar-refractivity contribution in [2.75, 3.05) is 11.4 Å². The van der Waals surface area contributed by atoms with Crippen LogP contribution in [0.1, 0.15) is 32.6 Å². The van der Waals surface area contributed by atoms with Crippen LogP contribution in [-0.2, 0) is 11.5 Å². The van der Waals surface area contributed by atoms with Gasteiger partial charge in [-0.3, -0.25) is 15.1 Å². The van der Waals surface area contributed by atoms with Crippen LogP contribution < -0.4 is 10.4 Å². The molecule has 0 fully saturated rings. The molecule has 2 heterocycles. The fourth-order valence-corrected chi connectivity index (χ4v) is 3.76. The number of anilines is 1. The third-order valence-electron chi connectivity index (χ3n) is 5.38. The van der Waals surface area contributed by atoms with Gasteiger partial charge in [0.1, 0.15) is 12.8 Å². The molecule has 1 N–H and O–H groups in total. The highest BCUT2D eigenvalue weighted by atomic mass is 19.1. The normalized spacial score (nSPS) is 16.8. The number of nitrogens with zero attached hydrogens (tertiary/aromatic N) is 1. The maximum atomic E-state index is 13.5. The summed E-state index contributed by atoms with van der Waals surface area (Å²) in [4.78, 5) is 21.0.